The van der Waals surface area contributed by atoms with Crippen molar-refractivity contribution in [1.82, 2.24) is 9.97 Å². The monoisotopic (exact) mass is 329 g/mol. The predicted molar refractivity (Wildman–Crippen MR) is 101 cm³/mol. The largest absolute Gasteiger partial charge is 0.322 e. The summed E-state index contributed by atoms with van der Waals surface area (Å²) < 4.78 is 3.37. The van der Waals surface area contributed by atoms with Gasteiger partial charge in [0.1, 0.15) is 5.03 Å². The molecule has 0 saturated heterocycles. The highest BCUT2D eigenvalue weighted by Gasteiger charge is 2.04. The summed E-state index contributed by atoms with van der Waals surface area (Å²) in [5.74, 6) is 0. The van der Waals surface area contributed by atoms with E-state index in [9.17, 15) is 0 Å². The van der Waals surface area contributed by atoms with E-state index in [4.69, 9.17) is 4.98 Å². The first-order valence-corrected chi connectivity index (χ1v) is 8.51. The Hall–Kier alpha value is -2.85. The van der Waals surface area contributed by atoms with Gasteiger partial charge in [-0.1, -0.05) is 54.6 Å². The molecule has 4 aromatic rings. The van der Waals surface area contributed by atoms with Crippen LogP contribution in [-0.4, -0.2) is 9.97 Å². The summed E-state index contributed by atoms with van der Waals surface area (Å²) in [5.41, 5.74) is 4.04. The number of nitrogens with zero attached hydrogens (tertiary/aromatic N) is 2. The number of pyridine rings is 2. The summed E-state index contributed by atoms with van der Waals surface area (Å²) in [6.07, 6.45) is 1.81. The minimum absolute atomic E-state index is 0.921. The molecule has 1 N–H and O–H groups in total. The minimum atomic E-state index is 0.921. The normalized spacial score (nSPS) is 10.7. The predicted octanol–water partition coefficient (Wildman–Crippen LogP) is 5.42. The van der Waals surface area contributed by atoms with Crippen LogP contribution in [0.2, 0.25) is 0 Å². The Bertz CT molecular complexity index is 965. The molecule has 0 aliphatic heterocycles. The fourth-order valence-electron chi connectivity index (χ4n) is 2.54. The number of benzene rings is 2. The van der Waals surface area contributed by atoms with Crippen molar-refractivity contribution in [1.29, 1.82) is 0 Å². The lowest BCUT2D eigenvalue weighted by Crippen LogP contribution is -1.92. The maximum absolute atomic E-state index is 4.72. The third-order valence-corrected chi connectivity index (χ3v) is 4.45. The third-order valence-electron chi connectivity index (χ3n) is 3.69. The zero-order chi connectivity index (χ0) is 16.2. The molecule has 0 atom stereocenters. The summed E-state index contributed by atoms with van der Waals surface area (Å²) in [7, 11) is 0. The Morgan fingerprint density at radius 1 is 0.750 bits per heavy atom. The van der Waals surface area contributed by atoms with Gasteiger partial charge in [-0.25, -0.2) is 4.98 Å². The number of rotatable bonds is 4. The number of para-hydroxylation sites is 1. The van der Waals surface area contributed by atoms with Crippen LogP contribution in [0.15, 0.2) is 90.1 Å². The second kappa shape index (κ2) is 6.72. The molecule has 0 spiro atoms. The van der Waals surface area contributed by atoms with Crippen molar-refractivity contribution in [3.63, 3.8) is 0 Å². The summed E-state index contributed by atoms with van der Waals surface area (Å²) in [6, 6.07) is 26.4. The van der Waals surface area contributed by atoms with Gasteiger partial charge in [-0.3, -0.25) is 4.98 Å². The molecule has 24 heavy (non-hydrogen) atoms. The first kappa shape index (κ1) is 14.7. The second-order valence-electron chi connectivity index (χ2n) is 5.31. The van der Waals surface area contributed by atoms with Crippen molar-refractivity contribution in [2.45, 2.75) is 5.03 Å². The smallest absolute Gasteiger partial charge is 0.117 e. The molecule has 4 heteroatoms. The van der Waals surface area contributed by atoms with Crippen LogP contribution in [-0.2, 0) is 0 Å². The minimum Gasteiger partial charge on any atom is -0.322 e. The Balaban J connectivity index is 1.58. The molecule has 0 aliphatic carbocycles. The molecule has 2 aromatic carbocycles. The van der Waals surface area contributed by atoms with E-state index >= 15 is 0 Å². The van der Waals surface area contributed by atoms with Crippen molar-refractivity contribution in [2.75, 3.05) is 4.72 Å². The van der Waals surface area contributed by atoms with Gasteiger partial charge in [-0.15, -0.1) is 0 Å². The van der Waals surface area contributed by atoms with Crippen molar-refractivity contribution in [2.24, 2.45) is 0 Å². The molecule has 116 valence electrons. The van der Waals surface area contributed by atoms with Gasteiger partial charge in [0.25, 0.3) is 0 Å². The Labute approximate surface area is 144 Å². The summed E-state index contributed by atoms with van der Waals surface area (Å²) in [6.45, 7) is 0. The number of nitrogens with one attached hydrogen (secondary N) is 1. The molecule has 0 fully saturated rings. The Kier molecular flexibility index (Phi) is 4.13. The fourth-order valence-corrected chi connectivity index (χ4v) is 3.21. The topological polar surface area (TPSA) is 37.8 Å². The molecular weight excluding hydrogens is 314 g/mol. The van der Waals surface area contributed by atoms with E-state index in [1.807, 2.05) is 60.8 Å². The summed E-state index contributed by atoms with van der Waals surface area (Å²) >= 11 is 1.50. The molecular formula is C20H15N3S. The van der Waals surface area contributed by atoms with Crippen LogP contribution in [0.1, 0.15) is 0 Å². The maximum atomic E-state index is 4.72. The van der Waals surface area contributed by atoms with Crippen LogP contribution in [0.5, 0.6) is 0 Å². The highest BCUT2D eigenvalue weighted by atomic mass is 32.2. The van der Waals surface area contributed by atoms with Gasteiger partial charge in [0.05, 0.1) is 16.9 Å². The number of hydrogen-bond acceptors (Lipinski definition) is 4. The van der Waals surface area contributed by atoms with Crippen LogP contribution in [0.3, 0.4) is 0 Å². The van der Waals surface area contributed by atoms with Crippen molar-refractivity contribution in [3.8, 4) is 11.3 Å². The van der Waals surface area contributed by atoms with Crippen LogP contribution in [0.25, 0.3) is 22.2 Å². The Morgan fingerprint density at radius 2 is 1.58 bits per heavy atom. The molecule has 0 bridgehead atoms. The number of hydrogen-bond donors (Lipinski definition) is 1. The highest BCUT2D eigenvalue weighted by Crippen LogP contribution is 2.27. The highest BCUT2D eigenvalue weighted by molar-refractivity contribution is 8.00. The fraction of sp³-hybridized carbons (Fsp3) is 0. The number of fused-ring (bicyclic) bond motifs is 1. The molecule has 0 amide bonds. The molecule has 0 unspecified atom stereocenters. The van der Waals surface area contributed by atoms with E-state index in [0.29, 0.717) is 0 Å². The van der Waals surface area contributed by atoms with Gasteiger partial charge in [-0.2, -0.15) is 0 Å². The molecule has 4 rings (SSSR count). The van der Waals surface area contributed by atoms with E-state index in [0.717, 1.165) is 32.9 Å². The van der Waals surface area contributed by atoms with E-state index in [2.05, 4.69) is 34.0 Å². The summed E-state index contributed by atoms with van der Waals surface area (Å²) in [4.78, 5) is 9.18. The van der Waals surface area contributed by atoms with Crippen molar-refractivity contribution < 1.29 is 0 Å². The number of anilines is 1. The zero-order valence-corrected chi connectivity index (χ0v) is 13.7. The summed E-state index contributed by atoms with van der Waals surface area (Å²) in [5, 5.41) is 2.04. The van der Waals surface area contributed by atoms with E-state index in [-0.39, 0.29) is 0 Å². The molecule has 0 radical (unpaired) electrons. The van der Waals surface area contributed by atoms with E-state index in [1.54, 1.807) is 0 Å². The van der Waals surface area contributed by atoms with Gasteiger partial charge in [0, 0.05) is 29.1 Å². The van der Waals surface area contributed by atoms with Gasteiger partial charge in [-0.05, 0) is 24.3 Å². The molecule has 0 aliphatic rings. The number of aromatic nitrogens is 2. The average molecular weight is 329 g/mol. The van der Waals surface area contributed by atoms with Crippen LogP contribution in [0, 0.1) is 0 Å². The lowest BCUT2D eigenvalue weighted by Gasteiger charge is -2.08. The standard InChI is InChI=1S/C20H15N3S/c1-2-7-15(8-3-1)17-11-5-13-19(22-17)24-23-18-12-4-9-16-10-6-14-21-20(16)18/h1-14,23H. The molecule has 0 saturated carbocycles. The van der Waals surface area contributed by atoms with Crippen molar-refractivity contribution >= 4 is 28.5 Å². The van der Waals surface area contributed by atoms with Crippen LogP contribution in [0.4, 0.5) is 5.69 Å². The average Bonchev–Trinajstić information content (AvgIpc) is 2.67. The first-order valence-electron chi connectivity index (χ1n) is 7.69. The lowest BCUT2D eigenvalue weighted by atomic mass is 10.1. The van der Waals surface area contributed by atoms with Gasteiger partial charge < -0.3 is 4.72 Å². The van der Waals surface area contributed by atoms with Crippen molar-refractivity contribution in [3.05, 3.63) is 85.1 Å². The lowest BCUT2D eigenvalue weighted by molar-refractivity contribution is 1.14. The zero-order valence-electron chi connectivity index (χ0n) is 12.9. The molecule has 3 nitrogen and oxygen atoms in total. The molecule has 2 heterocycles. The van der Waals surface area contributed by atoms with E-state index in [1.165, 1.54) is 11.9 Å². The quantitative estimate of drug-likeness (QED) is 0.508. The van der Waals surface area contributed by atoms with E-state index < -0.39 is 0 Å². The van der Waals surface area contributed by atoms with Gasteiger partial charge in [0.15, 0.2) is 0 Å². The second-order valence-corrected chi connectivity index (χ2v) is 6.14. The van der Waals surface area contributed by atoms with Crippen LogP contribution < -0.4 is 4.72 Å². The Morgan fingerprint density at radius 3 is 2.50 bits per heavy atom. The van der Waals surface area contributed by atoms with Gasteiger partial charge in [0.2, 0.25) is 0 Å². The SMILES string of the molecule is c1ccc(-c2cccc(SNc3cccc4cccnc34)n2)cc1. The maximum Gasteiger partial charge on any atom is 0.117 e. The molecule has 2 aromatic heterocycles. The first-order chi connectivity index (χ1) is 11.9. The van der Waals surface area contributed by atoms with Crippen LogP contribution >= 0.6 is 11.9 Å². The van der Waals surface area contributed by atoms with Gasteiger partial charge >= 0.3 is 0 Å². The third kappa shape index (κ3) is 3.09.